The van der Waals surface area contributed by atoms with Crippen molar-refractivity contribution in [2.75, 3.05) is 0 Å². The van der Waals surface area contributed by atoms with Crippen molar-refractivity contribution in [1.82, 2.24) is 5.32 Å². The van der Waals surface area contributed by atoms with Crippen LogP contribution in [0.25, 0.3) is 11.0 Å². The van der Waals surface area contributed by atoms with Gasteiger partial charge in [-0.25, -0.2) is 14.4 Å². The van der Waals surface area contributed by atoms with Crippen LogP contribution in [-0.4, -0.2) is 23.7 Å². The largest absolute Gasteiger partial charge is 0.444 e. The van der Waals surface area contributed by atoms with E-state index in [1.165, 1.54) is 6.07 Å². The molecular weight excluding hydrogens is 386 g/mol. The van der Waals surface area contributed by atoms with E-state index in [1.807, 2.05) is 6.92 Å². The highest BCUT2D eigenvalue weighted by Gasteiger charge is 2.29. The Morgan fingerprint density at radius 1 is 1.20 bits per heavy atom. The molecule has 0 radical (unpaired) electrons. The fourth-order valence-electron chi connectivity index (χ4n) is 3.10. The zero-order valence-electron chi connectivity index (χ0n) is 18.8. The molecule has 1 N–H and O–H groups in total. The first-order valence-corrected chi connectivity index (χ1v) is 10.2. The zero-order valence-corrected chi connectivity index (χ0v) is 18.8. The minimum absolute atomic E-state index is 0.222. The van der Waals surface area contributed by atoms with Gasteiger partial charge in [-0.1, -0.05) is 27.2 Å². The maximum Gasteiger partial charge on any atom is 0.408 e. The molecule has 0 saturated carbocycles. The minimum Gasteiger partial charge on any atom is -0.444 e. The first-order chi connectivity index (χ1) is 13.9. The van der Waals surface area contributed by atoms with Gasteiger partial charge in [-0.15, -0.1) is 0 Å². The van der Waals surface area contributed by atoms with Crippen molar-refractivity contribution in [1.29, 1.82) is 0 Å². The Hall–Kier alpha value is -2.83. The summed E-state index contributed by atoms with van der Waals surface area (Å²) < 4.78 is 16.2. The van der Waals surface area contributed by atoms with Gasteiger partial charge in [0, 0.05) is 17.0 Å². The highest BCUT2D eigenvalue weighted by Crippen LogP contribution is 2.29. The molecule has 1 aromatic heterocycles. The molecule has 0 aliphatic rings. The van der Waals surface area contributed by atoms with Gasteiger partial charge in [-0.3, -0.25) is 0 Å². The summed E-state index contributed by atoms with van der Waals surface area (Å²) in [6.07, 6.45) is 0.944. The Balaban J connectivity index is 2.31. The predicted molar refractivity (Wildman–Crippen MR) is 115 cm³/mol. The zero-order chi connectivity index (χ0) is 22.6. The lowest BCUT2D eigenvalue weighted by molar-refractivity contribution is -0.138. The molecule has 2 aromatic rings. The van der Waals surface area contributed by atoms with Gasteiger partial charge in [0.2, 0.25) is 0 Å². The number of hydrogen-bond acceptors (Lipinski definition) is 6. The Morgan fingerprint density at radius 3 is 2.43 bits per heavy atom. The summed E-state index contributed by atoms with van der Waals surface area (Å²) in [5.74, 6) is -0.564. The molecule has 1 unspecified atom stereocenters. The summed E-state index contributed by atoms with van der Waals surface area (Å²) >= 11 is 0. The second-order valence-corrected chi connectivity index (χ2v) is 8.70. The van der Waals surface area contributed by atoms with Crippen LogP contribution in [0.2, 0.25) is 0 Å². The van der Waals surface area contributed by atoms with Crippen LogP contribution in [0.5, 0.6) is 5.75 Å². The third-order valence-electron chi connectivity index (χ3n) is 4.52. The van der Waals surface area contributed by atoms with Crippen molar-refractivity contribution in [3.8, 4) is 5.75 Å². The number of rotatable bonds is 6. The van der Waals surface area contributed by atoms with E-state index in [1.54, 1.807) is 53.7 Å². The average molecular weight is 418 g/mol. The number of carbonyl (C=O) groups excluding carboxylic acids is 2. The third-order valence-corrected chi connectivity index (χ3v) is 4.52. The minimum atomic E-state index is -0.895. The van der Waals surface area contributed by atoms with Gasteiger partial charge in [-0.05, 0) is 57.7 Å². The van der Waals surface area contributed by atoms with Crippen molar-refractivity contribution < 1.29 is 23.5 Å². The van der Waals surface area contributed by atoms with E-state index in [0.29, 0.717) is 11.1 Å². The Kier molecular flexibility index (Phi) is 7.29. The number of benzene rings is 1. The molecular formula is C23H31NO6. The molecule has 0 aliphatic carbocycles. The monoisotopic (exact) mass is 417 g/mol. The molecule has 164 valence electrons. The van der Waals surface area contributed by atoms with E-state index in [9.17, 15) is 14.4 Å². The Morgan fingerprint density at radius 2 is 1.87 bits per heavy atom. The molecule has 0 fully saturated rings. The number of nitrogens with one attached hydrogen (secondary N) is 1. The predicted octanol–water partition coefficient (Wildman–Crippen LogP) is 4.51. The van der Waals surface area contributed by atoms with Crippen molar-refractivity contribution in [2.45, 2.75) is 73.0 Å². The van der Waals surface area contributed by atoms with E-state index in [2.05, 4.69) is 5.32 Å². The molecule has 0 spiro atoms. The molecule has 30 heavy (non-hydrogen) atoms. The second-order valence-electron chi connectivity index (χ2n) is 8.70. The molecule has 1 aromatic carbocycles. The standard InChI is InChI=1S/C23H31NO6/c1-8-9-15-12-18(25)29-20-14(4)17(11-10-16(15)20)28-21(26)19(13(2)3)24-22(27)30-23(5,6)7/h10-13,19H,8-9H2,1-7H3,(H,24,27). The van der Waals surface area contributed by atoms with Gasteiger partial charge in [0.15, 0.2) is 0 Å². The topological polar surface area (TPSA) is 94.8 Å². The molecule has 1 amide bonds. The van der Waals surface area contributed by atoms with Crippen LogP contribution in [0.4, 0.5) is 4.79 Å². The van der Waals surface area contributed by atoms with Gasteiger partial charge in [0.05, 0.1) is 0 Å². The van der Waals surface area contributed by atoms with Crippen LogP contribution in [-0.2, 0) is 16.0 Å². The van der Waals surface area contributed by atoms with E-state index in [0.717, 1.165) is 23.8 Å². The summed E-state index contributed by atoms with van der Waals surface area (Å²) in [7, 11) is 0. The lowest BCUT2D eigenvalue weighted by Gasteiger charge is -2.24. The van der Waals surface area contributed by atoms with Gasteiger partial charge in [0.1, 0.15) is 23.0 Å². The summed E-state index contributed by atoms with van der Waals surface area (Å²) in [5.41, 5.74) is 0.728. The smallest absolute Gasteiger partial charge is 0.408 e. The molecule has 0 saturated heterocycles. The highest BCUT2D eigenvalue weighted by molar-refractivity contribution is 5.88. The molecule has 1 atom stereocenters. The summed E-state index contributed by atoms with van der Waals surface area (Å²) in [5, 5.41) is 3.40. The van der Waals surface area contributed by atoms with Crippen molar-refractivity contribution in [3.05, 3.63) is 39.7 Å². The van der Waals surface area contributed by atoms with Crippen molar-refractivity contribution >= 4 is 23.0 Å². The lowest BCUT2D eigenvalue weighted by Crippen LogP contribution is -2.48. The number of esters is 1. The Bertz CT molecular complexity index is 984. The lowest BCUT2D eigenvalue weighted by atomic mass is 10.0. The van der Waals surface area contributed by atoms with Crippen molar-refractivity contribution in [2.24, 2.45) is 5.92 Å². The van der Waals surface area contributed by atoms with Crippen LogP contribution in [0.15, 0.2) is 27.4 Å². The van der Waals surface area contributed by atoms with E-state index in [4.69, 9.17) is 13.9 Å². The molecule has 7 nitrogen and oxygen atoms in total. The second kappa shape index (κ2) is 9.32. The first kappa shape index (κ1) is 23.4. The fraction of sp³-hybridized carbons (Fsp3) is 0.522. The molecule has 1 heterocycles. The van der Waals surface area contributed by atoms with Crippen molar-refractivity contribution in [3.63, 3.8) is 0 Å². The summed E-state index contributed by atoms with van der Waals surface area (Å²) in [6, 6.07) is 4.06. The van der Waals surface area contributed by atoms with Crippen LogP contribution >= 0.6 is 0 Å². The van der Waals surface area contributed by atoms with E-state index < -0.39 is 29.3 Å². The van der Waals surface area contributed by atoms with Gasteiger partial charge in [0.25, 0.3) is 0 Å². The first-order valence-electron chi connectivity index (χ1n) is 10.2. The number of alkyl carbamates (subject to hydrolysis) is 1. The summed E-state index contributed by atoms with van der Waals surface area (Å²) in [6.45, 7) is 12.6. The quantitative estimate of drug-likeness (QED) is 0.422. The number of aryl methyl sites for hydroxylation is 2. The molecule has 2 rings (SSSR count). The van der Waals surface area contributed by atoms with Crippen LogP contribution < -0.4 is 15.7 Å². The van der Waals surface area contributed by atoms with E-state index >= 15 is 0 Å². The Labute approximate surface area is 176 Å². The molecule has 0 bridgehead atoms. The SMILES string of the molecule is CCCc1cc(=O)oc2c(C)c(OC(=O)C(NC(=O)OC(C)(C)C)C(C)C)ccc12. The number of carbonyl (C=O) groups is 2. The number of ether oxygens (including phenoxy) is 2. The van der Waals surface area contributed by atoms with Crippen LogP contribution in [0, 0.1) is 12.8 Å². The number of fused-ring (bicyclic) bond motifs is 1. The third kappa shape index (κ3) is 5.84. The van der Waals surface area contributed by atoms with Crippen LogP contribution in [0.1, 0.15) is 59.1 Å². The average Bonchev–Trinajstić information content (AvgIpc) is 2.61. The molecule has 0 aliphatic heterocycles. The van der Waals surface area contributed by atoms with Gasteiger partial charge < -0.3 is 19.2 Å². The maximum atomic E-state index is 12.8. The van der Waals surface area contributed by atoms with E-state index in [-0.39, 0.29) is 11.7 Å². The number of hydrogen-bond donors (Lipinski definition) is 1. The fourth-order valence-corrected chi connectivity index (χ4v) is 3.10. The molecule has 7 heteroatoms. The van der Waals surface area contributed by atoms with Gasteiger partial charge >= 0.3 is 17.7 Å². The highest BCUT2D eigenvalue weighted by atomic mass is 16.6. The maximum absolute atomic E-state index is 12.8. The van der Waals surface area contributed by atoms with Gasteiger partial charge in [-0.2, -0.15) is 0 Å². The number of amides is 1. The van der Waals surface area contributed by atoms with Crippen LogP contribution in [0.3, 0.4) is 0 Å². The normalized spacial score (nSPS) is 12.7. The summed E-state index contributed by atoms with van der Waals surface area (Å²) in [4.78, 5) is 36.9.